The number of nitrogens with one attached hydrogen (secondary N) is 1. The van der Waals surface area contributed by atoms with Gasteiger partial charge in [-0.1, -0.05) is 0 Å². The van der Waals surface area contributed by atoms with E-state index in [4.69, 9.17) is 4.74 Å². The molecule has 2 rings (SSSR count). The molecule has 0 aliphatic heterocycles. The second kappa shape index (κ2) is 5.14. The number of nitrogens with zero attached hydrogens (tertiary/aromatic N) is 2. The van der Waals surface area contributed by atoms with Crippen molar-refractivity contribution in [3.8, 4) is 0 Å². The van der Waals surface area contributed by atoms with Gasteiger partial charge in [-0.25, -0.2) is 4.79 Å². The van der Waals surface area contributed by atoms with E-state index < -0.39 is 5.97 Å². The molecule has 0 atom stereocenters. The lowest BCUT2D eigenvalue weighted by Gasteiger charge is -2.15. The van der Waals surface area contributed by atoms with Gasteiger partial charge in [-0.05, 0) is 18.2 Å². The van der Waals surface area contributed by atoms with Crippen LogP contribution in [0.15, 0.2) is 24.4 Å². The Morgan fingerprint density at radius 1 is 1.37 bits per heavy atom. The lowest BCUT2D eigenvalue weighted by Crippen LogP contribution is -2.10. The van der Waals surface area contributed by atoms with Gasteiger partial charge >= 0.3 is 5.97 Å². The Morgan fingerprint density at radius 2 is 2.11 bits per heavy atom. The Morgan fingerprint density at radius 3 is 2.68 bits per heavy atom. The molecule has 1 N–H and O–H groups in total. The van der Waals surface area contributed by atoms with Crippen molar-refractivity contribution < 1.29 is 9.53 Å². The lowest BCUT2D eigenvalue weighted by atomic mass is 10.1. The molecule has 5 heteroatoms. The molecule has 0 saturated heterocycles. The number of anilines is 2. The van der Waals surface area contributed by atoms with Crippen molar-refractivity contribution in [2.75, 3.05) is 38.5 Å². The molecule has 0 bridgehead atoms. The monoisotopic (exact) mass is 259 g/mol. The molecule has 1 aromatic carbocycles. The second-order valence-corrected chi connectivity index (χ2v) is 4.38. The molecule has 19 heavy (non-hydrogen) atoms. The first-order chi connectivity index (χ1) is 9.08. The molecular formula is C14H17N3O2. The van der Waals surface area contributed by atoms with Crippen LogP contribution in [0.3, 0.4) is 0 Å². The molecule has 0 unspecified atom stereocenters. The molecule has 2 aromatic rings. The van der Waals surface area contributed by atoms with Crippen molar-refractivity contribution in [1.29, 1.82) is 0 Å². The first-order valence-electron chi connectivity index (χ1n) is 5.94. The maximum atomic E-state index is 11.7. The largest absolute Gasteiger partial charge is 0.465 e. The fourth-order valence-electron chi connectivity index (χ4n) is 1.99. The summed E-state index contributed by atoms with van der Waals surface area (Å²) in [6.07, 6.45) is 1.54. The molecule has 0 spiro atoms. The van der Waals surface area contributed by atoms with Crippen LogP contribution in [0, 0.1) is 0 Å². The highest BCUT2D eigenvalue weighted by Crippen LogP contribution is 2.29. The van der Waals surface area contributed by atoms with Gasteiger partial charge in [0.05, 0.1) is 18.3 Å². The Kier molecular flexibility index (Phi) is 3.55. The first kappa shape index (κ1) is 13.1. The van der Waals surface area contributed by atoms with Crippen LogP contribution < -0.4 is 10.2 Å². The molecular weight excluding hydrogens is 242 g/mol. The zero-order valence-electron chi connectivity index (χ0n) is 11.5. The summed E-state index contributed by atoms with van der Waals surface area (Å²) in [7, 11) is 7.08. The predicted octanol–water partition coefficient (Wildman–Crippen LogP) is 2.13. The van der Waals surface area contributed by atoms with Crippen molar-refractivity contribution in [1.82, 2.24) is 4.98 Å². The summed E-state index contributed by atoms with van der Waals surface area (Å²) in [6.45, 7) is 0. The van der Waals surface area contributed by atoms with E-state index >= 15 is 0 Å². The van der Waals surface area contributed by atoms with Gasteiger partial charge in [-0.15, -0.1) is 0 Å². The van der Waals surface area contributed by atoms with Gasteiger partial charge in [0.25, 0.3) is 0 Å². The minimum atomic E-state index is -0.394. The van der Waals surface area contributed by atoms with Gasteiger partial charge in [0.15, 0.2) is 0 Å². The highest BCUT2D eigenvalue weighted by Gasteiger charge is 2.15. The molecule has 0 saturated carbocycles. The average molecular weight is 259 g/mol. The molecule has 5 nitrogen and oxygen atoms in total. The second-order valence-electron chi connectivity index (χ2n) is 4.38. The van der Waals surface area contributed by atoms with E-state index in [1.807, 2.05) is 37.2 Å². The van der Waals surface area contributed by atoms with Crippen molar-refractivity contribution >= 4 is 28.2 Å². The van der Waals surface area contributed by atoms with E-state index in [1.54, 1.807) is 7.05 Å². The Bertz CT molecular complexity index is 623. The number of esters is 1. The number of pyridine rings is 1. The number of aromatic nitrogens is 1. The van der Waals surface area contributed by atoms with E-state index in [0.29, 0.717) is 5.56 Å². The van der Waals surface area contributed by atoms with Crippen molar-refractivity contribution in [2.45, 2.75) is 0 Å². The molecule has 1 aromatic heterocycles. The summed E-state index contributed by atoms with van der Waals surface area (Å²) in [5.41, 5.74) is 3.06. The summed E-state index contributed by atoms with van der Waals surface area (Å²) in [5.74, 6) is -0.394. The third kappa shape index (κ3) is 2.31. The third-order valence-electron chi connectivity index (χ3n) is 3.02. The minimum absolute atomic E-state index is 0.394. The minimum Gasteiger partial charge on any atom is -0.465 e. The smallest absolute Gasteiger partial charge is 0.341 e. The molecule has 0 aliphatic carbocycles. The van der Waals surface area contributed by atoms with Crippen LogP contribution in [0.25, 0.3) is 10.9 Å². The number of fused-ring (bicyclic) bond motifs is 1. The third-order valence-corrected chi connectivity index (χ3v) is 3.02. The highest BCUT2D eigenvalue weighted by molar-refractivity contribution is 6.05. The molecule has 0 aliphatic rings. The topological polar surface area (TPSA) is 54.5 Å². The molecule has 0 fully saturated rings. The number of methoxy groups -OCH3 is 1. The van der Waals surface area contributed by atoms with Crippen LogP contribution in [0.4, 0.5) is 11.4 Å². The first-order valence-corrected chi connectivity index (χ1v) is 5.94. The van der Waals surface area contributed by atoms with Crippen LogP contribution in [-0.4, -0.2) is 39.2 Å². The standard InChI is InChI=1S/C14H17N3O2/c1-15-13-10-7-9(17(2)3)5-6-12(10)16-8-11(13)14(18)19-4/h5-8H,1-4H3,(H,15,16). The zero-order chi connectivity index (χ0) is 14.0. The van der Waals surface area contributed by atoms with Crippen LogP contribution in [-0.2, 0) is 4.74 Å². The summed E-state index contributed by atoms with van der Waals surface area (Å²) in [5, 5.41) is 3.96. The number of rotatable bonds is 3. The van der Waals surface area contributed by atoms with Crippen LogP contribution in [0.1, 0.15) is 10.4 Å². The number of hydrogen-bond donors (Lipinski definition) is 1. The molecule has 0 radical (unpaired) electrons. The number of benzene rings is 1. The van der Waals surface area contributed by atoms with Crippen LogP contribution in [0.2, 0.25) is 0 Å². The predicted molar refractivity (Wildman–Crippen MR) is 77.0 cm³/mol. The summed E-state index contributed by atoms with van der Waals surface area (Å²) < 4.78 is 4.78. The van der Waals surface area contributed by atoms with Crippen molar-refractivity contribution in [3.63, 3.8) is 0 Å². The summed E-state index contributed by atoms with van der Waals surface area (Å²) >= 11 is 0. The highest BCUT2D eigenvalue weighted by atomic mass is 16.5. The van der Waals surface area contributed by atoms with Gasteiger partial charge in [-0.3, -0.25) is 4.98 Å². The quantitative estimate of drug-likeness (QED) is 0.856. The van der Waals surface area contributed by atoms with E-state index in [-0.39, 0.29) is 0 Å². The van der Waals surface area contributed by atoms with Gasteiger partial charge < -0.3 is 15.0 Å². The van der Waals surface area contributed by atoms with E-state index in [0.717, 1.165) is 22.3 Å². The van der Waals surface area contributed by atoms with Crippen molar-refractivity contribution in [3.05, 3.63) is 30.0 Å². The van der Waals surface area contributed by atoms with Gasteiger partial charge in [-0.2, -0.15) is 0 Å². The van der Waals surface area contributed by atoms with E-state index in [9.17, 15) is 4.79 Å². The fourth-order valence-corrected chi connectivity index (χ4v) is 1.99. The van der Waals surface area contributed by atoms with E-state index in [2.05, 4.69) is 10.3 Å². The maximum Gasteiger partial charge on any atom is 0.341 e. The molecule has 0 amide bonds. The number of ether oxygens (including phenoxy) is 1. The average Bonchev–Trinajstić information content (AvgIpc) is 2.44. The Hall–Kier alpha value is -2.30. The zero-order valence-corrected chi connectivity index (χ0v) is 11.5. The normalized spacial score (nSPS) is 10.3. The molecule has 100 valence electrons. The molecule has 1 heterocycles. The van der Waals surface area contributed by atoms with Gasteiger partial charge in [0.1, 0.15) is 5.56 Å². The van der Waals surface area contributed by atoms with E-state index in [1.165, 1.54) is 13.3 Å². The van der Waals surface area contributed by atoms with Crippen molar-refractivity contribution in [2.24, 2.45) is 0 Å². The number of carbonyl (C=O) groups is 1. The Labute approximate surface area is 112 Å². The summed E-state index contributed by atoms with van der Waals surface area (Å²) in [4.78, 5) is 18.0. The summed E-state index contributed by atoms with van der Waals surface area (Å²) in [6, 6.07) is 5.93. The van der Waals surface area contributed by atoms with Crippen LogP contribution in [0.5, 0.6) is 0 Å². The number of hydrogen-bond acceptors (Lipinski definition) is 5. The lowest BCUT2D eigenvalue weighted by molar-refractivity contribution is 0.0601. The van der Waals surface area contributed by atoms with Gasteiger partial charge in [0, 0.05) is 38.4 Å². The Balaban J connectivity index is 2.72. The SMILES string of the molecule is CNc1c(C(=O)OC)cnc2ccc(N(C)C)cc12. The van der Waals surface area contributed by atoms with Crippen LogP contribution >= 0.6 is 0 Å². The maximum absolute atomic E-state index is 11.7. The number of carbonyl (C=O) groups excluding carboxylic acids is 1. The van der Waals surface area contributed by atoms with Gasteiger partial charge in [0.2, 0.25) is 0 Å². The fraction of sp³-hybridized carbons (Fsp3) is 0.286.